The average molecular weight is 510 g/mol. The Labute approximate surface area is 231 Å². The third kappa shape index (κ3) is 15.4. The molecule has 2 rings (SSSR count). The lowest BCUT2D eigenvalue weighted by Gasteiger charge is -2.07. The van der Waals surface area contributed by atoms with Gasteiger partial charge in [-0.2, -0.15) is 0 Å². The maximum absolute atomic E-state index is 2.57. The van der Waals surface area contributed by atoms with Gasteiger partial charge in [0, 0.05) is 6.42 Å². The van der Waals surface area contributed by atoms with Crippen molar-refractivity contribution in [2.75, 3.05) is 0 Å². The molecule has 0 amide bonds. The molecule has 0 bridgehead atoms. The van der Waals surface area contributed by atoms with Crippen molar-refractivity contribution in [2.24, 2.45) is 0 Å². The molecule has 0 aliphatic carbocycles. The van der Waals surface area contributed by atoms with E-state index in [0.29, 0.717) is 0 Å². The van der Waals surface area contributed by atoms with Crippen LogP contribution in [0.25, 0.3) is 0 Å². The van der Waals surface area contributed by atoms with Crippen molar-refractivity contribution >= 4 is 0 Å². The van der Waals surface area contributed by atoms with Crippen molar-refractivity contribution in [3.05, 3.63) is 54.1 Å². The van der Waals surface area contributed by atoms with Gasteiger partial charge in [-0.1, -0.05) is 160 Å². The molecule has 0 spiro atoms. The lowest BCUT2D eigenvalue weighted by Crippen LogP contribution is -2.37. The van der Waals surface area contributed by atoms with Gasteiger partial charge in [-0.3, -0.25) is 0 Å². The Morgan fingerprint density at radius 3 is 1.51 bits per heavy atom. The Morgan fingerprint density at radius 1 is 0.541 bits per heavy atom. The number of aromatic nitrogens is 2. The molecule has 1 heterocycles. The normalized spacial score (nSPS) is 11.4. The predicted octanol–water partition coefficient (Wildman–Crippen LogP) is 10.6. The molecule has 0 unspecified atom stereocenters. The van der Waals surface area contributed by atoms with E-state index < -0.39 is 0 Å². The van der Waals surface area contributed by atoms with Gasteiger partial charge >= 0.3 is 0 Å². The van der Waals surface area contributed by atoms with E-state index in [2.05, 4.69) is 65.7 Å². The fraction of sp³-hybridized carbons (Fsp3) is 0.743. The lowest BCUT2D eigenvalue weighted by atomic mass is 10.0. The third-order valence-corrected chi connectivity index (χ3v) is 8.04. The third-order valence-electron chi connectivity index (χ3n) is 8.04. The van der Waals surface area contributed by atoms with Crippen molar-refractivity contribution in [1.29, 1.82) is 0 Å². The first-order valence-electron chi connectivity index (χ1n) is 16.5. The lowest BCUT2D eigenvalue weighted by molar-refractivity contribution is -0.695. The zero-order valence-electron chi connectivity index (χ0n) is 24.9. The highest BCUT2D eigenvalue weighted by molar-refractivity contribution is 5.13. The Kier molecular flexibility index (Phi) is 19.2. The zero-order chi connectivity index (χ0) is 26.2. The highest BCUT2D eigenvalue weighted by Gasteiger charge is 2.17. The fourth-order valence-corrected chi connectivity index (χ4v) is 5.63. The Balaban J connectivity index is 1.65. The number of unbranched alkanes of at least 4 members (excludes halogenated alkanes) is 19. The van der Waals surface area contributed by atoms with Crippen molar-refractivity contribution < 1.29 is 4.57 Å². The first kappa shape index (κ1) is 31.6. The molecule has 0 fully saturated rings. The van der Waals surface area contributed by atoms with Gasteiger partial charge < -0.3 is 0 Å². The minimum atomic E-state index is 0.999. The summed E-state index contributed by atoms with van der Waals surface area (Å²) < 4.78 is 5.08. The number of hydrogen-bond donors (Lipinski definition) is 0. The van der Waals surface area contributed by atoms with Gasteiger partial charge in [-0.05, 0) is 24.8 Å². The summed E-state index contributed by atoms with van der Waals surface area (Å²) in [5.74, 6) is 1.54. The molecule has 2 nitrogen and oxygen atoms in total. The van der Waals surface area contributed by atoms with E-state index in [1.165, 1.54) is 159 Å². The zero-order valence-corrected chi connectivity index (χ0v) is 24.9. The number of imidazole rings is 1. The van der Waals surface area contributed by atoms with Gasteiger partial charge in [0.2, 0.25) is 0 Å². The van der Waals surface area contributed by atoms with Gasteiger partial charge in [0.05, 0.1) is 6.54 Å². The maximum Gasteiger partial charge on any atom is 0.256 e. The van der Waals surface area contributed by atoms with Crippen LogP contribution in [0.15, 0.2) is 42.7 Å². The smallest absolute Gasteiger partial charge is 0.234 e. The first-order valence-corrected chi connectivity index (χ1v) is 16.5. The van der Waals surface area contributed by atoms with E-state index in [9.17, 15) is 0 Å². The van der Waals surface area contributed by atoms with E-state index >= 15 is 0 Å². The summed E-state index contributed by atoms with van der Waals surface area (Å²) in [6.07, 6.45) is 35.6. The molecule has 1 aromatic carbocycles. The standard InChI is InChI=1S/C35H61N2/c1-3-5-7-9-11-12-13-14-15-16-17-18-20-25-29-35-36(30-26-21-19-10-8-6-4-2)31-32-37(35)33-34-27-23-22-24-28-34/h22-24,27-28,31-32H,3-21,25-26,29-30,33H2,1-2H3/q+1. The summed E-state index contributed by atoms with van der Waals surface area (Å²) in [5, 5.41) is 0. The van der Waals surface area contributed by atoms with Crippen molar-refractivity contribution in [3.8, 4) is 0 Å². The molecule has 210 valence electrons. The number of hydrogen-bond acceptors (Lipinski definition) is 0. The fourth-order valence-electron chi connectivity index (χ4n) is 5.63. The van der Waals surface area contributed by atoms with Crippen LogP contribution in [0.3, 0.4) is 0 Å². The number of aryl methyl sites for hydroxylation is 1. The molecular formula is C35H61N2+. The van der Waals surface area contributed by atoms with E-state index in [1.807, 2.05) is 0 Å². The van der Waals surface area contributed by atoms with Crippen molar-refractivity contribution in [3.63, 3.8) is 0 Å². The number of benzene rings is 1. The summed E-state index contributed by atoms with van der Waals surface area (Å²) in [5.41, 5.74) is 1.41. The van der Waals surface area contributed by atoms with E-state index in [1.54, 1.807) is 0 Å². The van der Waals surface area contributed by atoms with Gasteiger partial charge in [0.1, 0.15) is 18.9 Å². The van der Waals surface area contributed by atoms with E-state index in [-0.39, 0.29) is 0 Å². The molecule has 0 saturated carbocycles. The molecule has 0 aliphatic rings. The highest BCUT2D eigenvalue weighted by Crippen LogP contribution is 2.15. The van der Waals surface area contributed by atoms with Crippen LogP contribution in [0.2, 0.25) is 0 Å². The van der Waals surface area contributed by atoms with Gasteiger partial charge in [0.15, 0.2) is 0 Å². The minimum absolute atomic E-state index is 0.999. The summed E-state index contributed by atoms with van der Waals surface area (Å²) >= 11 is 0. The van der Waals surface area contributed by atoms with Crippen LogP contribution < -0.4 is 4.57 Å². The topological polar surface area (TPSA) is 8.81 Å². The van der Waals surface area contributed by atoms with E-state index in [0.717, 1.165) is 6.54 Å². The van der Waals surface area contributed by atoms with Crippen LogP contribution in [-0.4, -0.2) is 4.57 Å². The molecule has 0 N–H and O–H groups in total. The molecule has 37 heavy (non-hydrogen) atoms. The van der Waals surface area contributed by atoms with Gasteiger partial charge in [0.25, 0.3) is 5.82 Å². The Bertz CT molecular complexity index is 748. The monoisotopic (exact) mass is 509 g/mol. The Morgan fingerprint density at radius 2 is 1.00 bits per heavy atom. The van der Waals surface area contributed by atoms with E-state index in [4.69, 9.17) is 0 Å². The second kappa shape index (κ2) is 22.4. The second-order valence-electron chi connectivity index (χ2n) is 11.5. The van der Waals surface area contributed by atoms with Crippen LogP contribution in [0.4, 0.5) is 0 Å². The summed E-state index contributed by atoms with van der Waals surface area (Å²) in [6.45, 7) is 6.79. The molecule has 0 aliphatic heterocycles. The van der Waals surface area contributed by atoms with Crippen LogP contribution in [0.5, 0.6) is 0 Å². The molecule has 2 aromatic rings. The number of nitrogens with zero attached hydrogens (tertiary/aromatic N) is 2. The van der Waals surface area contributed by atoms with Gasteiger partial charge in [-0.25, -0.2) is 9.13 Å². The van der Waals surface area contributed by atoms with Crippen LogP contribution >= 0.6 is 0 Å². The molecule has 0 saturated heterocycles. The van der Waals surface area contributed by atoms with Crippen LogP contribution in [-0.2, 0) is 19.5 Å². The quantitative estimate of drug-likeness (QED) is 0.0929. The van der Waals surface area contributed by atoms with Crippen molar-refractivity contribution in [1.82, 2.24) is 4.57 Å². The highest BCUT2D eigenvalue weighted by atomic mass is 15.1. The molecule has 2 heteroatoms. The predicted molar refractivity (Wildman–Crippen MR) is 162 cm³/mol. The van der Waals surface area contributed by atoms with Crippen molar-refractivity contribution in [2.45, 2.75) is 168 Å². The molecule has 1 aromatic heterocycles. The largest absolute Gasteiger partial charge is 0.256 e. The van der Waals surface area contributed by atoms with Crippen LogP contribution in [0, 0.1) is 0 Å². The first-order chi connectivity index (χ1) is 18.3. The second-order valence-corrected chi connectivity index (χ2v) is 11.5. The molecule has 0 radical (unpaired) electrons. The van der Waals surface area contributed by atoms with Crippen LogP contribution in [0.1, 0.15) is 160 Å². The molecular weight excluding hydrogens is 448 g/mol. The summed E-state index contributed by atoms with van der Waals surface area (Å²) in [4.78, 5) is 0. The summed E-state index contributed by atoms with van der Waals surface area (Å²) in [6, 6.07) is 11.0. The SMILES string of the molecule is CCCCCCCCCCCCCCCCc1n(CCCCCCCCC)cc[n+]1Cc1ccccc1. The molecule has 0 atom stereocenters. The number of rotatable bonds is 25. The Hall–Kier alpha value is -1.57. The average Bonchev–Trinajstić information content (AvgIpc) is 3.29. The minimum Gasteiger partial charge on any atom is -0.234 e. The maximum atomic E-state index is 2.57. The summed E-state index contributed by atoms with van der Waals surface area (Å²) in [7, 11) is 0. The van der Waals surface area contributed by atoms with Gasteiger partial charge in [-0.15, -0.1) is 0 Å².